The van der Waals surface area contributed by atoms with E-state index in [2.05, 4.69) is 5.32 Å². The molecule has 0 spiro atoms. The molecule has 2 aromatic carbocycles. The molecule has 1 atom stereocenters. The molecule has 4 nitrogen and oxygen atoms in total. The number of carboxylic acid groups (broad SMARTS) is 1. The van der Waals surface area contributed by atoms with E-state index >= 15 is 0 Å². The van der Waals surface area contributed by atoms with Crippen LogP contribution in [0.1, 0.15) is 12.5 Å². The van der Waals surface area contributed by atoms with Crippen LogP contribution in [0.15, 0.2) is 53.4 Å². The van der Waals surface area contributed by atoms with Gasteiger partial charge in [0.05, 0.1) is 10.9 Å². The SMILES string of the molecule is CC(Nc1ccc(C(F)(F)F)cc1)Sc1ccc(OCC(=O)O)cc1. The summed E-state index contributed by atoms with van der Waals surface area (Å²) in [5.74, 6) is -0.595. The molecule has 0 aromatic heterocycles. The Morgan fingerprint density at radius 1 is 1.16 bits per heavy atom. The first kappa shape index (κ1) is 19.0. The lowest BCUT2D eigenvalue weighted by Crippen LogP contribution is -2.11. The highest BCUT2D eigenvalue weighted by atomic mass is 32.2. The van der Waals surface area contributed by atoms with Gasteiger partial charge in [-0.1, -0.05) is 0 Å². The van der Waals surface area contributed by atoms with Gasteiger partial charge in [0.2, 0.25) is 0 Å². The summed E-state index contributed by atoms with van der Waals surface area (Å²) >= 11 is 1.48. The Morgan fingerprint density at radius 3 is 2.28 bits per heavy atom. The molecule has 0 aliphatic carbocycles. The molecule has 0 fully saturated rings. The fourth-order valence-electron chi connectivity index (χ4n) is 1.98. The third-order valence-corrected chi connectivity index (χ3v) is 4.10. The molecular weight excluding hydrogens is 355 g/mol. The molecule has 2 N–H and O–H groups in total. The van der Waals surface area contributed by atoms with E-state index in [0.29, 0.717) is 11.4 Å². The van der Waals surface area contributed by atoms with Crippen LogP contribution in [0.2, 0.25) is 0 Å². The van der Waals surface area contributed by atoms with Gasteiger partial charge in [-0.25, -0.2) is 4.79 Å². The number of rotatable bonds is 7. The highest BCUT2D eigenvalue weighted by molar-refractivity contribution is 8.00. The van der Waals surface area contributed by atoms with Gasteiger partial charge in [0.25, 0.3) is 0 Å². The predicted molar refractivity (Wildman–Crippen MR) is 90.0 cm³/mol. The third kappa shape index (κ3) is 6.22. The van der Waals surface area contributed by atoms with Gasteiger partial charge in [0.1, 0.15) is 5.75 Å². The molecule has 0 heterocycles. The lowest BCUT2D eigenvalue weighted by molar-refractivity contribution is -0.139. The second-order valence-corrected chi connectivity index (χ2v) is 6.55. The topological polar surface area (TPSA) is 58.6 Å². The second kappa shape index (κ2) is 8.15. The molecule has 2 rings (SSSR count). The van der Waals surface area contributed by atoms with E-state index < -0.39 is 24.3 Å². The lowest BCUT2D eigenvalue weighted by Gasteiger charge is -2.16. The molecule has 0 amide bonds. The number of ether oxygens (including phenoxy) is 1. The van der Waals surface area contributed by atoms with Crippen molar-refractivity contribution >= 4 is 23.4 Å². The molecule has 1 unspecified atom stereocenters. The predicted octanol–water partition coefficient (Wildman–Crippen LogP) is 4.72. The van der Waals surface area contributed by atoms with Crippen LogP contribution in [0.4, 0.5) is 18.9 Å². The molecule has 134 valence electrons. The van der Waals surface area contributed by atoms with E-state index in [0.717, 1.165) is 17.0 Å². The number of aliphatic carboxylic acids is 1. The minimum atomic E-state index is -4.34. The minimum Gasteiger partial charge on any atom is -0.482 e. The molecule has 0 saturated heterocycles. The van der Waals surface area contributed by atoms with E-state index in [4.69, 9.17) is 9.84 Å². The Hall–Kier alpha value is -2.35. The first-order chi connectivity index (χ1) is 11.7. The molecule has 25 heavy (non-hydrogen) atoms. The quantitative estimate of drug-likeness (QED) is 0.545. The Bertz CT molecular complexity index is 703. The van der Waals surface area contributed by atoms with Crippen LogP contribution in [0.3, 0.4) is 0 Å². The van der Waals surface area contributed by atoms with Gasteiger partial charge in [-0.15, -0.1) is 11.8 Å². The average molecular weight is 371 g/mol. The van der Waals surface area contributed by atoms with Crippen LogP contribution in [-0.4, -0.2) is 23.1 Å². The number of nitrogens with one attached hydrogen (secondary N) is 1. The summed E-state index contributed by atoms with van der Waals surface area (Å²) in [4.78, 5) is 11.3. The molecular formula is C17H16F3NO3S. The zero-order chi connectivity index (χ0) is 18.4. The van der Waals surface area contributed by atoms with Gasteiger partial charge in [0.15, 0.2) is 6.61 Å². The van der Waals surface area contributed by atoms with Crippen molar-refractivity contribution in [1.82, 2.24) is 0 Å². The maximum atomic E-state index is 12.5. The summed E-state index contributed by atoms with van der Waals surface area (Å²) in [5, 5.41) is 11.6. The van der Waals surface area contributed by atoms with Gasteiger partial charge in [-0.2, -0.15) is 13.2 Å². The van der Waals surface area contributed by atoms with Crippen molar-refractivity contribution in [2.75, 3.05) is 11.9 Å². The molecule has 0 aliphatic heterocycles. The summed E-state index contributed by atoms with van der Waals surface area (Å²) in [6.07, 6.45) is -4.34. The minimum absolute atomic E-state index is 0.0810. The molecule has 2 aromatic rings. The standard InChI is InChI=1S/C17H16F3NO3S/c1-11(21-13-4-2-12(3-5-13)17(18,19)20)25-15-8-6-14(7-9-15)24-10-16(22)23/h2-9,11,21H,10H2,1H3,(H,22,23). The van der Waals surface area contributed by atoms with E-state index in [1.54, 1.807) is 24.3 Å². The van der Waals surface area contributed by atoms with Gasteiger partial charge in [-0.05, 0) is 55.5 Å². The molecule has 0 radical (unpaired) electrons. The van der Waals surface area contributed by atoms with Crippen molar-refractivity contribution in [2.45, 2.75) is 23.4 Å². The number of alkyl halides is 3. The normalized spacial score (nSPS) is 12.5. The van der Waals surface area contributed by atoms with Crippen LogP contribution < -0.4 is 10.1 Å². The maximum Gasteiger partial charge on any atom is 0.416 e. The van der Waals surface area contributed by atoms with Crippen molar-refractivity contribution in [3.8, 4) is 5.75 Å². The first-order valence-corrected chi connectivity index (χ1v) is 8.17. The maximum absolute atomic E-state index is 12.5. The van der Waals surface area contributed by atoms with Gasteiger partial charge >= 0.3 is 12.1 Å². The summed E-state index contributed by atoms with van der Waals surface area (Å²) < 4.78 is 42.6. The van der Waals surface area contributed by atoms with E-state index in [-0.39, 0.29) is 5.37 Å². The summed E-state index contributed by atoms with van der Waals surface area (Å²) in [6.45, 7) is 1.48. The second-order valence-electron chi connectivity index (χ2n) is 5.13. The van der Waals surface area contributed by atoms with Crippen molar-refractivity contribution in [3.63, 3.8) is 0 Å². The van der Waals surface area contributed by atoms with E-state index in [9.17, 15) is 18.0 Å². The molecule has 0 saturated carbocycles. The fraction of sp³-hybridized carbons (Fsp3) is 0.235. The smallest absolute Gasteiger partial charge is 0.416 e. The van der Waals surface area contributed by atoms with Crippen LogP contribution in [0.25, 0.3) is 0 Å². The van der Waals surface area contributed by atoms with Gasteiger partial charge in [0, 0.05) is 10.6 Å². The first-order valence-electron chi connectivity index (χ1n) is 7.29. The fourth-order valence-corrected chi connectivity index (χ4v) is 2.88. The largest absolute Gasteiger partial charge is 0.482 e. The Balaban J connectivity index is 1.89. The third-order valence-electron chi connectivity index (χ3n) is 3.08. The number of hydrogen-bond acceptors (Lipinski definition) is 4. The highest BCUT2D eigenvalue weighted by Crippen LogP contribution is 2.31. The highest BCUT2D eigenvalue weighted by Gasteiger charge is 2.29. The van der Waals surface area contributed by atoms with Crippen LogP contribution in [-0.2, 0) is 11.0 Å². The van der Waals surface area contributed by atoms with Gasteiger partial charge < -0.3 is 15.2 Å². The number of thioether (sulfide) groups is 1. The number of carbonyl (C=O) groups is 1. The number of halogens is 3. The summed E-state index contributed by atoms with van der Waals surface area (Å²) in [5.41, 5.74) is -0.0929. The van der Waals surface area contributed by atoms with Gasteiger partial charge in [-0.3, -0.25) is 0 Å². The Kier molecular flexibility index (Phi) is 6.19. The number of carboxylic acids is 1. The van der Waals surface area contributed by atoms with Crippen LogP contribution in [0.5, 0.6) is 5.75 Å². The number of hydrogen-bond donors (Lipinski definition) is 2. The van der Waals surface area contributed by atoms with Crippen molar-refractivity contribution in [1.29, 1.82) is 0 Å². The van der Waals surface area contributed by atoms with E-state index in [1.807, 2.05) is 6.92 Å². The van der Waals surface area contributed by atoms with Crippen LogP contribution >= 0.6 is 11.8 Å². The molecule has 0 aliphatic rings. The molecule has 8 heteroatoms. The summed E-state index contributed by atoms with van der Waals surface area (Å²) in [6, 6.07) is 11.7. The Morgan fingerprint density at radius 2 is 1.76 bits per heavy atom. The average Bonchev–Trinajstić information content (AvgIpc) is 2.53. The number of anilines is 1. The molecule has 0 bridgehead atoms. The lowest BCUT2D eigenvalue weighted by atomic mass is 10.2. The monoisotopic (exact) mass is 371 g/mol. The van der Waals surface area contributed by atoms with E-state index in [1.165, 1.54) is 23.9 Å². The van der Waals surface area contributed by atoms with Crippen molar-refractivity contribution in [3.05, 3.63) is 54.1 Å². The van der Waals surface area contributed by atoms with Crippen LogP contribution in [0, 0.1) is 0 Å². The Labute approximate surface area is 147 Å². The van der Waals surface area contributed by atoms with Crippen molar-refractivity contribution in [2.24, 2.45) is 0 Å². The number of benzene rings is 2. The zero-order valence-corrected chi connectivity index (χ0v) is 14.0. The van der Waals surface area contributed by atoms with Crippen molar-refractivity contribution < 1.29 is 27.8 Å². The summed E-state index contributed by atoms with van der Waals surface area (Å²) in [7, 11) is 0. The zero-order valence-electron chi connectivity index (χ0n) is 13.2.